The van der Waals surface area contributed by atoms with Gasteiger partial charge in [-0.3, -0.25) is 9.69 Å². The maximum Gasteiger partial charge on any atom is 0.387 e. The van der Waals surface area contributed by atoms with Crippen molar-refractivity contribution >= 4 is 15.7 Å². The van der Waals surface area contributed by atoms with Crippen molar-refractivity contribution in [1.82, 2.24) is 9.80 Å². The fourth-order valence-corrected chi connectivity index (χ4v) is 3.07. The lowest BCUT2D eigenvalue weighted by atomic mass is 10.1. The Morgan fingerprint density at radius 3 is 2.42 bits per heavy atom. The summed E-state index contributed by atoms with van der Waals surface area (Å²) in [6.07, 6.45) is 1.19. The zero-order valence-corrected chi connectivity index (χ0v) is 14.1. The van der Waals surface area contributed by atoms with Gasteiger partial charge in [-0.05, 0) is 12.1 Å². The Morgan fingerprint density at radius 2 is 1.83 bits per heavy atom. The van der Waals surface area contributed by atoms with Gasteiger partial charge in [-0.15, -0.1) is 0 Å². The molecule has 2 rings (SSSR count). The summed E-state index contributed by atoms with van der Waals surface area (Å²) in [6.45, 7) is -0.673. The van der Waals surface area contributed by atoms with E-state index in [4.69, 9.17) is 0 Å². The van der Waals surface area contributed by atoms with Gasteiger partial charge in [0.05, 0.1) is 11.3 Å². The molecular formula is C15H20F2N2O4S. The zero-order valence-electron chi connectivity index (χ0n) is 13.3. The van der Waals surface area contributed by atoms with Gasteiger partial charge in [-0.25, -0.2) is 8.42 Å². The number of para-hydroxylation sites is 1. The number of carbonyl (C=O) groups is 1. The van der Waals surface area contributed by atoms with Crippen molar-refractivity contribution < 1.29 is 26.7 Å². The zero-order chi connectivity index (χ0) is 17.7. The number of carbonyl (C=O) groups excluding carboxylic acids is 1. The Bertz CT molecular complexity index is 674. The van der Waals surface area contributed by atoms with Crippen LogP contribution >= 0.6 is 0 Å². The van der Waals surface area contributed by atoms with Crippen molar-refractivity contribution in [3.05, 3.63) is 29.8 Å². The molecule has 0 radical (unpaired) electrons. The average Bonchev–Trinajstić information content (AvgIpc) is 2.52. The van der Waals surface area contributed by atoms with Crippen LogP contribution < -0.4 is 4.74 Å². The molecule has 0 aromatic heterocycles. The molecular weight excluding hydrogens is 342 g/mol. The second-order valence-corrected chi connectivity index (χ2v) is 7.90. The van der Waals surface area contributed by atoms with E-state index >= 15 is 0 Å². The Kier molecular flexibility index (Phi) is 6.11. The SMILES string of the molecule is CS(=O)(=O)CCN1CCN(C(=O)c2ccccc2OC(F)F)CC1. The van der Waals surface area contributed by atoms with Gasteiger partial charge >= 0.3 is 6.61 Å². The minimum Gasteiger partial charge on any atom is -0.434 e. The van der Waals surface area contributed by atoms with Gasteiger partial charge in [0.1, 0.15) is 15.6 Å². The number of rotatable bonds is 6. The van der Waals surface area contributed by atoms with Crippen LogP contribution in [0.3, 0.4) is 0 Å². The number of piperazine rings is 1. The molecule has 0 spiro atoms. The van der Waals surface area contributed by atoms with Crippen molar-refractivity contribution in [2.24, 2.45) is 0 Å². The number of hydrogen-bond acceptors (Lipinski definition) is 5. The van der Waals surface area contributed by atoms with E-state index in [0.29, 0.717) is 32.7 Å². The van der Waals surface area contributed by atoms with Crippen molar-refractivity contribution in [2.45, 2.75) is 6.61 Å². The maximum atomic E-state index is 12.5. The molecule has 0 bridgehead atoms. The second-order valence-electron chi connectivity index (χ2n) is 5.64. The van der Waals surface area contributed by atoms with E-state index in [0.717, 1.165) is 0 Å². The molecule has 0 saturated carbocycles. The Balaban J connectivity index is 1.96. The quantitative estimate of drug-likeness (QED) is 0.758. The lowest BCUT2D eigenvalue weighted by molar-refractivity contribution is -0.0503. The van der Waals surface area contributed by atoms with Crippen LogP contribution in [0.2, 0.25) is 0 Å². The Labute approximate surface area is 139 Å². The van der Waals surface area contributed by atoms with E-state index in [-0.39, 0.29) is 23.0 Å². The minimum absolute atomic E-state index is 0.0754. The third-order valence-corrected chi connectivity index (χ3v) is 4.70. The lowest BCUT2D eigenvalue weighted by Gasteiger charge is -2.34. The first kappa shape index (κ1) is 18.6. The monoisotopic (exact) mass is 362 g/mol. The largest absolute Gasteiger partial charge is 0.434 e. The number of hydrogen-bond donors (Lipinski definition) is 0. The molecule has 1 aromatic carbocycles. The van der Waals surface area contributed by atoms with Crippen LogP contribution in [0.5, 0.6) is 5.75 Å². The number of sulfone groups is 1. The first-order valence-electron chi connectivity index (χ1n) is 7.49. The summed E-state index contributed by atoms with van der Waals surface area (Å²) in [5.41, 5.74) is 0.0994. The molecule has 0 aliphatic carbocycles. The van der Waals surface area contributed by atoms with Crippen LogP contribution in [0.1, 0.15) is 10.4 Å². The first-order valence-corrected chi connectivity index (χ1v) is 9.55. The van der Waals surface area contributed by atoms with E-state index < -0.39 is 16.4 Å². The smallest absolute Gasteiger partial charge is 0.387 e. The number of nitrogens with zero attached hydrogens (tertiary/aromatic N) is 2. The maximum absolute atomic E-state index is 12.5. The highest BCUT2D eigenvalue weighted by molar-refractivity contribution is 7.90. The normalized spacial score (nSPS) is 16.4. The lowest BCUT2D eigenvalue weighted by Crippen LogP contribution is -2.49. The summed E-state index contributed by atoms with van der Waals surface area (Å²) in [4.78, 5) is 16.0. The molecule has 1 aliphatic rings. The number of halogens is 2. The molecule has 0 atom stereocenters. The number of benzene rings is 1. The van der Waals surface area contributed by atoms with Crippen LogP contribution in [-0.2, 0) is 9.84 Å². The van der Waals surface area contributed by atoms with Crippen LogP contribution in [0.4, 0.5) is 8.78 Å². The van der Waals surface area contributed by atoms with Crippen molar-refractivity contribution in [3.8, 4) is 5.75 Å². The van der Waals surface area contributed by atoms with Crippen LogP contribution in [-0.4, -0.2) is 75.5 Å². The molecule has 1 aromatic rings. The topological polar surface area (TPSA) is 66.9 Å². The predicted molar refractivity (Wildman–Crippen MR) is 85.1 cm³/mol. The average molecular weight is 362 g/mol. The number of amides is 1. The summed E-state index contributed by atoms with van der Waals surface area (Å²) in [5.74, 6) is -0.433. The molecule has 1 aliphatic heterocycles. The molecule has 134 valence electrons. The summed E-state index contributed by atoms with van der Waals surface area (Å²) >= 11 is 0. The third kappa shape index (κ3) is 5.41. The van der Waals surface area contributed by atoms with Gasteiger partial charge in [0.15, 0.2) is 0 Å². The molecule has 1 fully saturated rings. The van der Waals surface area contributed by atoms with Crippen LogP contribution in [0.15, 0.2) is 24.3 Å². The van der Waals surface area contributed by atoms with E-state index in [9.17, 15) is 22.0 Å². The standard InChI is InChI=1S/C15H20F2N2O4S/c1-24(21,22)11-10-18-6-8-19(9-7-18)14(20)12-4-2-3-5-13(12)23-15(16)17/h2-5,15H,6-11H2,1H3. The highest BCUT2D eigenvalue weighted by Crippen LogP contribution is 2.22. The summed E-state index contributed by atoms with van der Waals surface area (Å²) in [7, 11) is -3.02. The molecule has 1 amide bonds. The van der Waals surface area contributed by atoms with E-state index in [1.54, 1.807) is 11.0 Å². The summed E-state index contributed by atoms with van der Waals surface area (Å²) < 4.78 is 51.6. The first-order chi connectivity index (χ1) is 11.3. The molecule has 6 nitrogen and oxygen atoms in total. The third-order valence-electron chi connectivity index (χ3n) is 3.77. The number of ether oxygens (including phenoxy) is 1. The highest BCUT2D eigenvalue weighted by Gasteiger charge is 2.25. The second kappa shape index (κ2) is 7.89. The van der Waals surface area contributed by atoms with Gasteiger partial charge in [0.2, 0.25) is 0 Å². The summed E-state index contributed by atoms with van der Waals surface area (Å²) in [6, 6.07) is 5.91. The predicted octanol–water partition coefficient (Wildman–Crippen LogP) is 1.09. The number of alkyl halides is 2. The Morgan fingerprint density at radius 1 is 1.21 bits per heavy atom. The molecule has 0 N–H and O–H groups in total. The molecule has 24 heavy (non-hydrogen) atoms. The molecule has 0 unspecified atom stereocenters. The summed E-state index contributed by atoms with van der Waals surface area (Å²) in [5, 5.41) is 0. The fourth-order valence-electron chi connectivity index (χ4n) is 2.48. The van der Waals surface area contributed by atoms with Gasteiger partial charge in [-0.1, -0.05) is 12.1 Å². The van der Waals surface area contributed by atoms with Crippen LogP contribution in [0.25, 0.3) is 0 Å². The molecule has 1 saturated heterocycles. The van der Waals surface area contributed by atoms with Gasteiger partial charge < -0.3 is 9.64 Å². The van der Waals surface area contributed by atoms with Crippen molar-refractivity contribution in [1.29, 1.82) is 0 Å². The fraction of sp³-hybridized carbons (Fsp3) is 0.533. The minimum atomic E-state index is -3.02. The van der Waals surface area contributed by atoms with Gasteiger partial charge in [-0.2, -0.15) is 8.78 Å². The van der Waals surface area contributed by atoms with E-state index in [1.807, 2.05) is 4.90 Å². The molecule has 9 heteroatoms. The van der Waals surface area contributed by atoms with Crippen LogP contribution in [0, 0.1) is 0 Å². The van der Waals surface area contributed by atoms with Gasteiger partial charge in [0.25, 0.3) is 5.91 Å². The van der Waals surface area contributed by atoms with E-state index in [2.05, 4.69) is 4.74 Å². The van der Waals surface area contributed by atoms with Gasteiger partial charge in [0, 0.05) is 39.0 Å². The highest BCUT2D eigenvalue weighted by atomic mass is 32.2. The van der Waals surface area contributed by atoms with E-state index in [1.165, 1.54) is 24.5 Å². The van der Waals surface area contributed by atoms with Crippen molar-refractivity contribution in [3.63, 3.8) is 0 Å². The Hall–Kier alpha value is -1.74. The molecule has 1 heterocycles. The van der Waals surface area contributed by atoms with Crippen molar-refractivity contribution in [2.75, 3.05) is 44.7 Å².